The number of carboxylic acid groups (broad SMARTS) is 2. The molecule has 0 aromatic heterocycles. The first-order valence-corrected chi connectivity index (χ1v) is 3.84. The van der Waals surface area contributed by atoms with Gasteiger partial charge in [0.15, 0.2) is 5.41 Å². The van der Waals surface area contributed by atoms with Crippen molar-refractivity contribution in [1.29, 1.82) is 0 Å². The molecule has 0 heterocycles. The Morgan fingerprint density at radius 3 is 1.69 bits per heavy atom. The Bertz CT molecular complexity index is 188. The van der Waals surface area contributed by atoms with E-state index in [1.54, 1.807) is 13.8 Å². The molecule has 0 aromatic rings. The van der Waals surface area contributed by atoms with Crippen LogP contribution in [0.4, 0.5) is 0 Å². The summed E-state index contributed by atoms with van der Waals surface area (Å²) in [6, 6.07) is 0. The second-order valence-electron chi connectivity index (χ2n) is 3.12. The van der Waals surface area contributed by atoms with E-state index < -0.39 is 17.4 Å². The maximum atomic E-state index is 10.7. The first-order chi connectivity index (χ1) is 5.37. The fourth-order valence-corrected chi connectivity index (χ4v) is 0.921. The van der Waals surface area contributed by atoms with Gasteiger partial charge >= 0.3 is 60.8 Å². The van der Waals surface area contributed by atoms with Gasteiger partial charge < -0.3 is 10.2 Å². The van der Waals surface area contributed by atoms with Gasteiger partial charge in [0.1, 0.15) is 0 Å². The predicted molar refractivity (Wildman–Crippen MR) is 51.4 cm³/mol. The number of rotatable bonds is 4. The van der Waals surface area contributed by atoms with Crippen LogP contribution < -0.4 is 0 Å². The molecule has 5 heteroatoms. The van der Waals surface area contributed by atoms with E-state index in [4.69, 9.17) is 10.2 Å². The quantitative estimate of drug-likeness (QED) is 0.578. The number of carbonyl (C=O) groups is 2. The zero-order valence-corrected chi connectivity index (χ0v) is 7.50. The van der Waals surface area contributed by atoms with Gasteiger partial charge in [-0.1, -0.05) is 20.3 Å². The second-order valence-corrected chi connectivity index (χ2v) is 3.12. The molecule has 0 aromatic carbocycles. The van der Waals surface area contributed by atoms with Crippen molar-refractivity contribution >= 4 is 60.8 Å². The fraction of sp³-hybridized carbons (Fsp3) is 0.750. The van der Waals surface area contributed by atoms with Crippen LogP contribution in [-0.2, 0) is 9.59 Å². The molecule has 74 valence electrons. The Morgan fingerprint density at radius 2 is 1.62 bits per heavy atom. The van der Waals surface area contributed by atoms with E-state index in [-0.39, 0.29) is 54.8 Å². The van der Waals surface area contributed by atoms with Crippen molar-refractivity contribution in [3.8, 4) is 0 Å². The standard InChI is InChI=1S/C8H14O4.Ba.2H/c1-4-5(2)8(3,6(9)10)7(11)12;;;/h5H,4H2,1-3H3,(H,9,10)(H,11,12);;;. The monoisotopic (exact) mass is 314 g/mol. The van der Waals surface area contributed by atoms with Gasteiger partial charge in [0.25, 0.3) is 0 Å². The first-order valence-electron chi connectivity index (χ1n) is 3.84. The van der Waals surface area contributed by atoms with Gasteiger partial charge in [0, 0.05) is 0 Å². The van der Waals surface area contributed by atoms with Gasteiger partial charge in [0.2, 0.25) is 0 Å². The molecular formula is C8H16BaO4. The Hall–Kier alpha value is 0.511. The zero-order chi connectivity index (χ0) is 9.94. The Labute approximate surface area is 118 Å². The van der Waals surface area contributed by atoms with Crippen LogP contribution in [0, 0.1) is 11.3 Å². The van der Waals surface area contributed by atoms with Gasteiger partial charge in [0.05, 0.1) is 0 Å². The van der Waals surface area contributed by atoms with Crippen LogP contribution in [-0.4, -0.2) is 71.0 Å². The fourth-order valence-electron chi connectivity index (χ4n) is 0.921. The third-order valence-corrected chi connectivity index (χ3v) is 2.49. The minimum atomic E-state index is -1.66. The molecule has 2 N–H and O–H groups in total. The summed E-state index contributed by atoms with van der Waals surface area (Å²) in [6.07, 6.45) is 0.537. The summed E-state index contributed by atoms with van der Waals surface area (Å²) >= 11 is 0. The summed E-state index contributed by atoms with van der Waals surface area (Å²) < 4.78 is 0. The van der Waals surface area contributed by atoms with Gasteiger partial charge in [-0.2, -0.15) is 0 Å². The molecule has 0 rings (SSSR count). The summed E-state index contributed by atoms with van der Waals surface area (Å²) in [4.78, 5) is 21.4. The summed E-state index contributed by atoms with van der Waals surface area (Å²) in [5, 5.41) is 17.4. The average molecular weight is 314 g/mol. The van der Waals surface area contributed by atoms with Crippen molar-refractivity contribution in [3.05, 3.63) is 0 Å². The molecule has 0 aliphatic rings. The first kappa shape index (κ1) is 16.0. The molecule has 1 atom stereocenters. The molecule has 0 spiro atoms. The maximum absolute atomic E-state index is 10.7. The molecule has 0 saturated carbocycles. The zero-order valence-electron chi connectivity index (χ0n) is 7.50. The van der Waals surface area contributed by atoms with Crippen LogP contribution in [0.2, 0.25) is 0 Å². The van der Waals surface area contributed by atoms with E-state index in [2.05, 4.69) is 0 Å². The van der Waals surface area contributed by atoms with Crippen LogP contribution in [0.1, 0.15) is 27.2 Å². The van der Waals surface area contributed by atoms with Crippen LogP contribution in [0.15, 0.2) is 0 Å². The summed E-state index contributed by atoms with van der Waals surface area (Å²) in [5.74, 6) is -2.92. The summed E-state index contributed by atoms with van der Waals surface area (Å²) in [7, 11) is 0. The topological polar surface area (TPSA) is 74.6 Å². The van der Waals surface area contributed by atoms with Crippen LogP contribution in [0.5, 0.6) is 0 Å². The Balaban J connectivity index is 0. The predicted octanol–water partition coefficient (Wildman–Crippen LogP) is 0.292. The van der Waals surface area contributed by atoms with Gasteiger partial charge in [-0.25, -0.2) is 0 Å². The molecule has 4 nitrogen and oxygen atoms in total. The molecule has 0 amide bonds. The average Bonchev–Trinajstić information content (AvgIpc) is 2.00. The molecule has 13 heavy (non-hydrogen) atoms. The van der Waals surface area contributed by atoms with E-state index in [9.17, 15) is 9.59 Å². The van der Waals surface area contributed by atoms with Crippen molar-refractivity contribution in [2.45, 2.75) is 27.2 Å². The van der Waals surface area contributed by atoms with E-state index >= 15 is 0 Å². The molecule has 1 unspecified atom stereocenters. The van der Waals surface area contributed by atoms with Crippen molar-refractivity contribution in [3.63, 3.8) is 0 Å². The summed E-state index contributed by atoms with van der Waals surface area (Å²) in [6.45, 7) is 4.64. The third-order valence-electron chi connectivity index (χ3n) is 2.49. The molecule has 0 radical (unpaired) electrons. The molecule has 0 bridgehead atoms. The Morgan fingerprint density at radius 1 is 1.31 bits per heavy atom. The summed E-state index contributed by atoms with van der Waals surface area (Å²) in [5.41, 5.74) is -1.66. The van der Waals surface area contributed by atoms with Gasteiger partial charge in [-0.3, -0.25) is 9.59 Å². The third kappa shape index (κ3) is 3.29. The SMILES string of the molecule is CCC(C)C(C)(C(=O)O)C(=O)O.[BaH2]. The van der Waals surface area contributed by atoms with E-state index in [0.29, 0.717) is 6.42 Å². The number of aliphatic carboxylic acids is 2. The molecule has 0 aliphatic carbocycles. The van der Waals surface area contributed by atoms with Crippen molar-refractivity contribution < 1.29 is 19.8 Å². The van der Waals surface area contributed by atoms with E-state index in [0.717, 1.165) is 0 Å². The second kappa shape index (κ2) is 6.08. The number of hydrogen-bond donors (Lipinski definition) is 2. The molecule has 0 aliphatic heterocycles. The van der Waals surface area contributed by atoms with Crippen LogP contribution in [0.25, 0.3) is 0 Å². The number of carboxylic acids is 2. The van der Waals surface area contributed by atoms with Crippen LogP contribution in [0.3, 0.4) is 0 Å². The molecular weight excluding hydrogens is 297 g/mol. The van der Waals surface area contributed by atoms with Gasteiger partial charge in [-0.15, -0.1) is 0 Å². The van der Waals surface area contributed by atoms with Crippen molar-refractivity contribution in [2.75, 3.05) is 0 Å². The number of hydrogen-bond acceptors (Lipinski definition) is 2. The Kier molecular flexibility index (Phi) is 7.47. The molecule has 0 fully saturated rings. The molecule has 0 saturated heterocycles. The van der Waals surface area contributed by atoms with Gasteiger partial charge in [-0.05, 0) is 12.8 Å². The normalized spacial score (nSPS) is 12.8. The van der Waals surface area contributed by atoms with E-state index in [1.165, 1.54) is 6.92 Å². The minimum absolute atomic E-state index is 0. The van der Waals surface area contributed by atoms with E-state index in [1.807, 2.05) is 0 Å². The van der Waals surface area contributed by atoms with Crippen molar-refractivity contribution in [2.24, 2.45) is 11.3 Å². The van der Waals surface area contributed by atoms with Crippen molar-refractivity contribution in [1.82, 2.24) is 0 Å². The van der Waals surface area contributed by atoms with Crippen LogP contribution >= 0.6 is 0 Å².